The van der Waals surface area contributed by atoms with Crippen LogP contribution < -0.4 is 10.1 Å². The fourth-order valence-corrected chi connectivity index (χ4v) is 2.17. The predicted octanol–water partition coefficient (Wildman–Crippen LogP) is 3.09. The van der Waals surface area contributed by atoms with E-state index in [1.165, 1.54) is 0 Å². The molecule has 2 aromatic rings. The molecule has 0 aliphatic rings. The molecule has 0 saturated heterocycles. The number of anilines is 1. The molecule has 0 fully saturated rings. The highest BCUT2D eigenvalue weighted by Crippen LogP contribution is 2.22. The van der Waals surface area contributed by atoms with E-state index < -0.39 is 0 Å². The summed E-state index contributed by atoms with van der Waals surface area (Å²) in [6.45, 7) is 1.68. The molecule has 0 saturated carbocycles. The maximum atomic E-state index is 9.18. The van der Waals surface area contributed by atoms with E-state index in [2.05, 4.69) is 21.3 Å². The molecule has 6 heteroatoms. The normalized spacial score (nSPS) is 11.0. The molecule has 2 rings (SSSR count). The van der Waals surface area contributed by atoms with E-state index >= 15 is 0 Å². The quantitative estimate of drug-likeness (QED) is 0.751. The van der Waals surface area contributed by atoms with E-state index in [-0.39, 0.29) is 5.69 Å². The van der Waals surface area contributed by atoms with Gasteiger partial charge in [0.15, 0.2) is 0 Å². The molecule has 0 bridgehead atoms. The fraction of sp³-hybridized carbons (Fsp3) is 0.333. The number of ether oxygens (including phenoxy) is 1. The Balaban J connectivity index is 2.06. The molecule has 0 spiro atoms. The van der Waals surface area contributed by atoms with E-state index in [0.29, 0.717) is 11.8 Å². The van der Waals surface area contributed by atoms with Crippen LogP contribution in [0.5, 0.6) is 5.75 Å². The largest absolute Gasteiger partial charge is 0.496 e. The van der Waals surface area contributed by atoms with Gasteiger partial charge < -0.3 is 19.4 Å². The van der Waals surface area contributed by atoms with Crippen molar-refractivity contribution in [3.8, 4) is 11.8 Å². The number of oxazole rings is 1. The van der Waals surface area contributed by atoms with Gasteiger partial charge in [0.1, 0.15) is 11.8 Å². The topological polar surface area (TPSA) is 74.3 Å². The summed E-state index contributed by atoms with van der Waals surface area (Å²) < 4.78 is 10.9. The SMILES string of the molecule is COc1ccccc1/C=C/c1nc(C#N)c(NCCCN(C)C)o1. The summed E-state index contributed by atoms with van der Waals surface area (Å²) in [5.74, 6) is 1.56. The molecule has 0 aliphatic carbocycles. The first kappa shape index (κ1) is 17.6. The minimum atomic E-state index is 0.263. The van der Waals surface area contributed by atoms with Crippen molar-refractivity contribution >= 4 is 18.0 Å². The maximum Gasteiger partial charge on any atom is 0.232 e. The average molecular weight is 326 g/mol. The average Bonchev–Trinajstić information content (AvgIpc) is 2.99. The van der Waals surface area contributed by atoms with Crippen LogP contribution in [0.15, 0.2) is 28.7 Å². The molecular formula is C18H22N4O2. The second-order valence-electron chi connectivity index (χ2n) is 5.50. The predicted molar refractivity (Wildman–Crippen MR) is 94.8 cm³/mol. The summed E-state index contributed by atoms with van der Waals surface area (Å²) in [5, 5.41) is 12.3. The molecule has 0 atom stereocenters. The Morgan fingerprint density at radius 3 is 2.83 bits per heavy atom. The lowest BCUT2D eigenvalue weighted by molar-refractivity contribution is 0.404. The number of nitriles is 1. The maximum absolute atomic E-state index is 9.18. The second-order valence-corrected chi connectivity index (χ2v) is 5.50. The van der Waals surface area contributed by atoms with Crippen LogP contribution in [0.1, 0.15) is 23.6 Å². The summed E-state index contributed by atoms with van der Waals surface area (Å²) in [5.41, 5.74) is 1.18. The number of rotatable bonds is 8. The third-order valence-electron chi connectivity index (χ3n) is 3.36. The van der Waals surface area contributed by atoms with Crippen LogP contribution in [0, 0.1) is 11.3 Å². The lowest BCUT2D eigenvalue weighted by atomic mass is 10.2. The summed E-state index contributed by atoms with van der Waals surface area (Å²) >= 11 is 0. The molecule has 1 aromatic carbocycles. The first-order valence-electron chi connectivity index (χ1n) is 7.74. The van der Waals surface area contributed by atoms with Crippen LogP contribution in [0.4, 0.5) is 5.88 Å². The van der Waals surface area contributed by atoms with E-state index in [4.69, 9.17) is 9.15 Å². The Kier molecular flexibility index (Phi) is 6.41. The first-order valence-corrected chi connectivity index (χ1v) is 7.74. The van der Waals surface area contributed by atoms with Crippen molar-refractivity contribution in [3.05, 3.63) is 41.4 Å². The molecular weight excluding hydrogens is 304 g/mol. The number of hydrogen-bond acceptors (Lipinski definition) is 6. The van der Waals surface area contributed by atoms with Crippen molar-refractivity contribution in [2.75, 3.05) is 39.6 Å². The van der Waals surface area contributed by atoms with Gasteiger partial charge in [-0.05, 0) is 39.2 Å². The van der Waals surface area contributed by atoms with Gasteiger partial charge in [-0.15, -0.1) is 0 Å². The Labute approximate surface area is 142 Å². The summed E-state index contributed by atoms with van der Waals surface area (Å²) in [6.07, 6.45) is 4.52. The Morgan fingerprint density at radius 1 is 1.33 bits per heavy atom. The monoisotopic (exact) mass is 326 g/mol. The van der Waals surface area contributed by atoms with Crippen molar-refractivity contribution in [3.63, 3.8) is 0 Å². The summed E-state index contributed by atoms with van der Waals surface area (Å²) in [6, 6.07) is 9.70. The Hall–Kier alpha value is -2.78. The highest BCUT2D eigenvalue weighted by atomic mass is 16.5. The lowest BCUT2D eigenvalue weighted by Gasteiger charge is -2.08. The highest BCUT2D eigenvalue weighted by Gasteiger charge is 2.11. The fourth-order valence-electron chi connectivity index (χ4n) is 2.17. The van der Waals surface area contributed by atoms with Crippen molar-refractivity contribution in [1.82, 2.24) is 9.88 Å². The van der Waals surface area contributed by atoms with E-state index in [1.807, 2.05) is 44.4 Å². The first-order chi connectivity index (χ1) is 11.6. The minimum absolute atomic E-state index is 0.263. The molecule has 126 valence electrons. The van der Waals surface area contributed by atoms with Crippen molar-refractivity contribution in [2.24, 2.45) is 0 Å². The van der Waals surface area contributed by atoms with Gasteiger partial charge in [-0.25, -0.2) is 0 Å². The van der Waals surface area contributed by atoms with Gasteiger partial charge >= 0.3 is 0 Å². The molecule has 6 nitrogen and oxygen atoms in total. The minimum Gasteiger partial charge on any atom is -0.496 e. The zero-order chi connectivity index (χ0) is 17.4. The van der Waals surface area contributed by atoms with E-state index in [9.17, 15) is 5.26 Å². The second kappa shape index (κ2) is 8.75. The lowest BCUT2D eigenvalue weighted by Crippen LogP contribution is -2.16. The Bertz CT molecular complexity index is 729. The standard InChI is InChI=1S/C18H22N4O2/c1-22(2)12-6-11-20-18-15(13-19)21-17(24-18)10-9-14-7-4-5-8-16(14)23-3/h4-5,7-10,20H,6,11-12H2,1-3H3/b10-9+. The van der Waals surface area contributed by atoms with Gasteiger partial charge in [0.05, 0.1) is 7.11 Å². The molecule has 0 amide bonds. The van der Waals surface area contributed by atoms with E-state index in [1.54, 1.807) is 13.2 Å². The van der Waals surface area contributed by atoms with Crippen LogP contribution >= 0.6 is 0 Å². The molecule has 1 heterocycles. The zero-order valence-electron chi connectivity index (χ0n) is 14.2. The highest BCUT2D eigenvalue weighted by molar-refractivity contribution is 5.70. The van der Waals surface area contributed by atoms with Crippen LogP contribution in [-0.2, 0) is 0 Å². The molecule has 0 radical (unpaired) electrons. The van der Waals surface area contributed by atoms with Crippen LogP contribution in [0.2, 0.25) is 0 Å². The van der Waals surface area contributed by atoms with Gasteiger partial charge in [0.2, 0.25) is 17.5 Å². The summed E-state index contributed by atoms with van der Waals surface area (Å²) in [7, 11) is 5.67. The van der Waals surface area contributed by atoms with Crippen LogP contribution in [0.3, 0.4) is 0 Å². The smallest absolute Gasteiger partial charge is 0.232 e. The number of nitrogens with zero attached hydrogens (tertiary/aromatic N) is 3. The molecule has 1 aromatic heterocycles. The molecule has 1 N–H and O–H groups in total. The van der Waals surface area contributed by atoms with Gasteiger partial charge in [-0.2, -0.15) is 10.2 Å². The van der Waals surface area contributed by atoms with Crippen molar-refractivity contribution in [2.45, 2.75) is 6.42 Å². The number of benzene rings is 1. The number of hydrogen-bond donors (Lipinski definition) is 1. The van der Waals surface area contributed by atoms with E-state index in [0.717, 1.165) is 30.8 Å². The number of para-hydroxylation sites is 1. The molecule has 24 heavy (non-hydrogen) atoms. The molecule has 0 aliphatic heterocycles. The van der Waals surface area contributed by atoms with Gasteiger partial charge in [-0.1, -0.05) is 18.2 Å². The van der Waals surface area contributed by atoms with Crippen molar-refractivity contribution in [1.29, 1.82) is 5.26 Å². The number of nitrogens with one attached hydrogen (secondary N) is 1. The van der Waals surface area contributed by atoms with Gasteiger partial charge in [0, 0.05) is 18.2 Å². The van der Waals surface area contributed by atoms with Gasteiger partial charge in [0.25, 0.3) is 0 Å². The van der Waals surface area contributed by atoms with Crippen LogP contribution in [0.25, 0.3) is 12.2 Å². The third kappa shape index (κ3) is 4.86. The number of aromatic nitrogens is 1. The zero-order valence-corrected chi connectivity index (χ0v) is 14.2. The third-order valence-corrected chi connectivity index (χ3v) is 3.36. The summed E-state index contributed by atoms with van der Waals surface area (Å²) in [4.78, 5) is 6.29. The Morgan fingerprint density at radius 2 is 2.12 bits per heavy atom. The van der Waals surface area contributed by atoms with Gasteiger partial charge in [-0.3, -0.25) is 0 Å². The number of methoxy groups -OCH3 is 1. The van der Waals surface area contributed by atoms with Crippen molar-refractivity contribution < 1.29 is 9.15 Å². The van der Waals surface area contributed by atoms with Crippen LogP contribution in [-0.4, -0.2) is 44.2 Å². The molecule has 0 unspecified atom stereocenters.